The summed E-state index contributed by atoms with van der Waals surface area (Å²) >= 11 is 0. The molecule has 0 aliphatic rings. The van der Waals surface area contributed by atoms with E-state index >= 15 is 0 Å². The summed E-state index contributed by atoms with van der Waals surface area (Å²) in [4.78, 5) is 33.7. The summed E-state index contributed by atoms with van der Waals surface area (Å²) in [6.45, 7) is 2.15. The van der Waals surface area contributed by atoms with E-state index in [1.165, 1.54) is 26.4 Å². The highest BCUT2D eigenvalue weighted by atomic mass is 16.5. The van der Waals surface area contributed by atoms with Gasteiger partial charge in [-0.15, -0.1) is 0 Å². The molecule has 21 heavy (non-hydrogen) atoms. The van der Waals surface area contributed by atoms with E-state index < -0.39 is 18.0 Å². The molecule has 0 aliphatic carbocycles. The molecule has 0 aliphatic heterocycles. The number of hydrogen-bond acceptors (Lipinski definition) is 4. The molecule has 0 bridgehead atoms. The molecule has 0 unspecified atom stereocenters. The molecule has 122 valence electrons. The number of amides is 1. The lowest BCUT2D eigenvalue weighted by molar-refractivity contribution is -0.144. The zero-order valence-electron chi connectivity index (χ0n) is 13.0. The van der Waals surface area contributed by atoms with E-state index in [-0.39, 0.29) is 18.7 Å². The second-order valence-corrected chi connectivity index (χ2v) is 5.09. The smallest absolute Gasteiger partial charge is 0.326 e. The maximum atomic E-state index is 11.7. The van der Waals surface area contributed by atoms with Crippen molar-refractivity contribution in [3.63, 3.8) is 0 Å². The van der Waals surface area contributed by atoms with Crippen molar-refractivity contribution in [2.45, 2.75) is 70.8 Å². The van der Waals surface area contributed by atoms with Crippen LogP contribution in [0.3, 0.4) is 0 Å². The molecular formula is C15H27NO5. The average molecular weight is 301 g/mol. The Balaban J connectivity index is 3.90. The van der Waals surface area contributed by atoms with E-state index in [2.05, 4.69) is 17.0 Å². The highest BCUT2D eigenvalue weighted by molar-refractivity contribution is 5.83. The van der Waals surface area contributed by atoms with Gasteiger partial charge in [0.1, 0.15) is 6.04 Å². The van der Waals surface area contributed by atoms with Gasteiger partial charge in [0.25, 0.3) is 0 Å². The number of unbranched alkanes of at least 4 members (excludes halogenated alkanes) is 5. The molecule has 0 rings (SSSR count). The Morgan fingerprint density at radius 3 is 2.24 bits per heavy atom. The lowest BCUT2D eigenvalue weighted by atomic mass is 10.1. The van der Waals surface area contributed by atoms with E-state index in [1.54, 1.807) is 0 Å². The third kappa shape index (κ3) is 10.8. The van der Waals surface area contributed by atoms with Gasteiger partial charge in [-0.25, -0.2) is 4.79 Å². The maximum Gasteiger partial charge on any atom is 0.326 e. The zero-order chi connectivity index (χ0) is 16.1. The van der Waals surface area contributed by atoms with Crippen LogP contribution in [0, 0.1) is 0 Å². The number of aliphatic carboxylic acids is 1. The molecule has 0 aromatic carbocycles. The minimum Gasteiger partial charge on any atom is -0.480 e. The number of carboxylic acid groups (broad SMARTS) is 1. The van der Waals surface area contributed by atoms with Crippen molar-refractivity contribution in [1.29, 1.82) is 0 Å². The van der Waals surface area contributed by atoms with Crippen LogP contribution in [0.1, 0.15) is 64.7 Å². The number of methoxy groups -OCH3 is 1. The van der Waals surface area contributed by atoms with Crippen molar-refractivity contribution in [3.8, 4) is 0 Å². The summed E-state index contributed by atoms with van der Waals surface area (Å²) in [6, 6.07) is -1.03. The first-order valence-electron chi connectivity index (χ1n) is 7.60. The van der Waals surface area contributed by atoms with Crippen molar-refractivity contribution < 1.29 is 24.2 Å². The van der Waals surface area contributed by atoms with Gasteiger partial charge in [-0.3, -0.25) is 9.59 Å². The molecule has 0 saturated heterocycles. The molecule has 6 nitrogen and oxygen atoms in total. The van der Waals surface area contributed by atoms with Crippen molar-refractivity contribution in [1.82, 2.24) is 5.32 Å². The number of carboxylic acids is 1. The Hall–Kier alpha value is -1.59. The summed E-state index contributed by atoms with van der Waals surface area (Å²) in [5.41, 5.74) is 0. The number of nitrogens with one attached hydrogen (secondary N) is 1. The molecule has 6 heteroatoms. The summed E-state index contributed by atoms with van der Waals surface area (Å²) in [5.74, 6) is -1.88. The number of carbonyl (C=O) groups is 3. The molecule has 0 spiro atoms. The molecule has 0 fully saturated rings. The highest BCUT2D eigenvalue weighted by Gasteiger charge is 2.20. The Kier molecular flexibility index (Phi) is 11.3. The molecule has 0 radical (unpaired) electrons. The van der Waals surface area contributed by atoms with Crippen LogP contribution >= 0.6 is 0 Å². The zero-order valence-corrected chi connectivity index (χ0v) is 13.0. The Morgan fingerprint density at radius 2 is 1.67 bits per heavy atom. The lowest BCUT2D eigenvalue weighted by Crippen LogP contribution is -2.41. The molecular weight excluding hydrogens is 274 g/mol. The highest BCUT2D eigenvalue weighted by Crippen LogP contribution is 2.07. The van der Waals surface area contributed by atoms with E-state index in [9.17, 15) is 14.4 Å². The van der Waals surface area contributed by atoms with Crippen LogP contribution in [0.5, 0.6) is 0 Å². The first-order chi connectivity index (χ1) is 10.0. The fourth-order valence-electron chi connectivity index (χ4n) is 1.95. The fraction of sp³-hybridized carbons (Fsp3) is 0.800. The van der Waals surface area contributed by atoms with Gasteiger partial charge in [0, 0.05) is 12.8 Å². The van der Waals surface area contributed by atoms with E-state index in [0.717, 1.165) is 19.3 Å². The maximum absolute atomic E-state index is 11.7. The second-order valence-electron chi connectivity index (χ2n) is 5.09. The first-order valence-corrected chi connectivity index (χ1v) is 7.60. The van der Waals surface area contributed by atoms with Crippen LogP contribution in [0.25, 0.3) is 0 Å². The summed E-state index contributed by atoms with van der Waals surface area (Å²) in [6.07, 6.45) is 6.76. The number of carbonyl (C=O) groups excluding carboxylic acids is 2. The van der Waals surface area contributed by atoms with Gasteiger partial charge in [-0.05, 0) is 12.8 Å². The molecule has 0 aromatic rings. The van der Waals surface area contributed by atoms with Gasteiger partial charge in [0.15, 0.2) is 0 Å². The molecule has 1 amide bonds. The van der Waals surface area contributed by atoms with Crippen molar-refractivity contribution in [2.24, 2.45) is 0 Å². The van der Waals surface area contributed by atoms with Crippen LogP contribution in [0.2, 0.25) is 0 Å². The van der Waals surface area contributed by atoms with Gasteiger partial charge in [0.05, 0.1) is 7.11 Å². The quantitative estimate of drug-likeness (QED) is 0.426. The second kappa shape index (κ2) is 12.2. The standard InChI is InChI=1S/C15H27NO5/c1-3-4-5-6-7-8-9-13(17)16-12(15(19)20)10-11-14(18)21-2/h12H,3-11H2,1-2H3,(H,16,17)(H,19,20)/t12-/m1/s1. The number of ether oxygens (including phenoxy) is 1. The number of esters is 1. The van der Waals surface area contributed by atoms with Gasteiger partial charge >= 0.3 is 11.9 Å². The minimum absolute atomic E-state index is 0.0231. The largest absolute Gasteiger partial charge is 0.480 e. The molecule has 0 aromatic heterocycles. The van der Waals surface area contributed by atoms with E-state index in [1.807, 2.05) is 0 Å². The lowest BCUT2D eigenvalue weighted by Gasteiger charge is -2.13. The summed E-state index contributed by atoms with van der Waals surface area (Å²) < 4.78 is 4.45. The number of hydrogen-bond donors (Lipinski definition) is 2. The molecule has 2 N–H and O–H groups in total. The SMILES string of the molecule is CCCCCCCCC(=O)N[C@H](CCC(=O)OC)C(=O)O. The van der Waals surface area contributed by atoms with Crippen molar-refractivity contribution >= 4 is 17.8 Å². The molecule has 0 saturated carbocycles. The Morgan fingerprint density at radius 1 is 1.05 bits per heavy atom. The third-order valence-corrected chi connectivity index (χ3v) is 3.26. The van der Waals surface area contributed by atoms with Gasteiger partial charge < -0.3 is 15.2 Å². The Bertz CT molecular complexity index is 330. The monoisotopic (exact) mass is 301 g/mol. The van der Waals surface area contributed by atoms with Crippen LogP contribution in [0.15, 0.2) is 0 Å². The van der Waals surface area contributed by atoms with Gasteiger partial charge in [-0.2, -0.15) is 0 Å². The van der Waals surface area contributed by atoms with Crippen LogP contribution in [-0.2, 0) is 19.1 Å². The minimum atomic E-state index is -1.13. The van der Waals surface area contributed by atoms with Crippen LogP contribution < -0.4 is 5.32 Å². The van der Waals surface area contributed by atoms with Gasteiger partial charge in [0.2, 0.25) is 5.91 Å². The Labute approximate surface area is 126 Å². The predicted molar refractivity (Wildman–Crippen MR) is 78.8 cm³/mol. The average Bonchev–Trinajstić information content (AvgIpc) is 2.46. The van der Waals surface area contributed by atoms with Crippen molar-refractivity contribution in [2.75, 3.05) is 7.11 Å². The van der Waals surface area contributed by atoms with Crippen LogP contribution in [-0.4, -0.2) is 36.1 Å². The molecule has 1 atom stereocenters. The van der Waals surface area contributed by atoms with Crippen molar-refractivity contribution in [3.05, 3.63) is 0 Å². The predicted octanol–water partition coefficient (Wildman–Crippen LogP) is 2.26. The van der Waals surface area contributed by atoms with Crippen LogP contribution in [0.4, 0.5) is 0 Å². The third-order valence-electron chi connectivity index (χ3n) is 3.26. The number of rotatable bonds is 12. The van der Waals surface area contributed by atoms with E-state index in [4.69, 9.17) is 5.11 Å². The summed E-state index contributed by atoms with van der Waals surface area (Å²) in [5, 5.41) is 11.5. The fourth-order valence-corrected chi connectivity index (χ4v) is 1.95. The molecule has 0 heterocycles. The van der Waals surface area contributed by atoms with Gasteiger partial charge in [-0.1, -0.05) is 39.0 Å². The normalized spacial score (nSPS) is 11.7. The first kappa shape index (κ1) is 19.4. The van der Waals surface area contributed by atoms with E-state index in [0.29, 0.717) is 6.42 Å². The topological polar surface area (TPSA) is 92.7 Å². The summed E-state index contributed by atoms with van der Waals surface area (Å²) in [7, 11) is 1.25.